The molecule has 1 nitrogen and oxygen atoms in total. The van der Waals surface area contributed by atoms with Crippen molar-refractivity contribution >= 4 is 0 Å². The molecule has 0 spiro atoms. The summed E-state index contributed by atoms with van der Waals surface area (Å²) in [5, 5.41) is 2.46. The van der Waals surface area contributed by atoms with E-state index in [0.717, 1.165) is 12.1 Å². The maximum absolute atomic E-state index is 13.0. The van der Waals surface area contributed by atoms with Crippen molar-refractivity contribution in [3.05, 3.63) is 35.4 Å². The molecule has 0 bridgehead atoms. The summed E-state index contributed by atoms with van der Waals surface area (Å²) in [6.07, 6.45) is -4.28. The van der Waals surface area contributed by atoms with Crippen LogP contribution < -0.4 is 5.32 Å². The van der Waals surface area contributed by atoms with Crippen molar-refractivity contribution in [2.24, 2.45) is 0 Å². The van der Waals surface area contributed by atoms with E-state index < -0.39 is 29.4 Å². The quantitative estimate of drug-likeness (QED) is 0.821. The molecule has 18 heavy (non-hydrogen) atoms. The lowest BCUT2D eigenvalue weighted by Gasteiger charge is -2.25. The molecule has 1 aliphatic rings. The van der Waals surface area contributed by atoms with Crippen LogP contribution in [0.3, 0.4) is 0 Å². The summed E-state index contributed by atoms with van der Waals surface area (Å²) in [6, 6.07) is 2.42. The lowest BCUT2D eigenvalue weighted by atomic mass is 10.1. The van der Waals surface area contributed by atoms with Crippen molar-refractivity contribution in [2.75, 3.05) is 0 Å². The Bertz CT molecular complexity index is 450. The van der Waals surface area contributed by atoms with Gasteiger partial charge in [0.15, 0.2) is 11.6 Å². The molecule has 1 aromatic rings. The molecule has 1 aromatic carbocycles. The monoisotopic (exact) mass is 265 g/mol. The maximum Gasteiger partial charge on any atom is 0.406 e. The van der Waals surface area contributed by atoms with Crippen LogP contribution in [0.2, 0.25) is 0 Å². The number of alkyl halides is 3. The molecule has 1 atom stereocenters. The van der Waals surface area contributed by atoms with Crippen molar-refractivity contribution in [1.82, 2.24) is 5.32 Å². The van der Waals surface area contributed by atoms with Crippen LogP contribution in [0.25, 0.3) is 0 Å². The fraction of sp³-hybridized carbons (Fsp3) is 0.500. The standard InChI is InChI=1S/C12H12F5N/c1-7(8-2-3-9(13)10(14)6-8)18-11(4-5-11)12(15,16)17/h2-3,6-7,18H,4-5H2,1H3. The second-order valence-corrected chi connectivity index (χ2v) is 4.62. The Morgan fingerprint density at radius 2 is 1.78 bits per heavy atom. The van der Waals surface area contributed by atoms with Gasteiger partial charge in [-0.15, -0.1) is 0 Å². The molecule has 0 radical (unpaired) electrons. The maximum atomic E-state index is 13.0. The summed E-state index contributed by atoms with van der Waals surface area (Å²) in [4.78, 5) is 0. The highest BCUT2D eigenvalue weighted by molar-refractivity contribution is 5.22. The second kappa shape index (κ2) is 4.19. The van der Waals surface area contributed by atoms with Gasteiger partial charge in [0.1, 0.15) is 5.54 Å². The normalized spacial score (nSPS) is 19.7. The number of halogens is 5. The third-order valence-electron chi connectivity index (χ3n) is 3.23. The first kappa shape index (κ1) is 13.3. The Hall–Kier alpha value is -1.17. The summed E-state index contributed by atoms with van der Waals surface area (Å²) in [7, 11) is 0. The molecule has 0 amide bonds. The van der Waals surface area contributed by atoms with E-state index in [2.05, 4.69) is 5.32 Å². The van der Waals surface area contributed by atoms with Crippen molar-refractivity contribution < 1.29 is 22.0 Å². The third-order valence-corrected chi connectivity index (χ3v) is 3.23. The molecule has 0 aliphatic heterocycles. The third kappa shape index (κ3) is 2.34. The van der Waals surface area contributed by atoms with E-state index in [9.17, 15) is 22.0 Å². The molecule has 1 aliphatic carbocycles. The first-order valence-electron chi connectivity index (χ1n) is 5.54. The van der Waals surface area contributed by atoms with Gasteiger partial charge in [0.25, 0.3) is 0 Å². The minimum atomic E-state index is -4.32. The fourth-order valence-electron chi connectivity index (χ4n) is 1.91. The number of hydrogen-bond acceptors (Lipinski definition) is 1. The summed E-state index contributed by atoms with van der Waals surface area (Å²) in [6.45, 7) is 1.50. The van der Waals surface area contributed by atoms with E-state index in [1.165, 1.54) is 13.0 Å². The minimum Gasteiger partial charge on any atom is -0.297 e. The number of hydrogen-bond donors (Lipinski definition) is 1. The summed E-state index contributed by atoms with van der Waals surface area (Å²) in [5.74, 6) is -2.07. The molecule has 1 fully saturated rings. The van der Waals surface area contributed by atoms with E-state index in [-0.39, 0.29) is 12.8 Å². The van der Waals surface area contributed by atoms with Crippen LogP contribution in [0.5, 0.6) is 0 Å². The van der Waals surface area contributed by atoms with Crippen molar-refractivity contribution in [3.63, 3.8) is 0 Å². The second-order valence-electron chi connectivity index (χ2n) is 4.62. The van der Waals surface area contributed by atoms with E-state index in [4.69, 9.17) is 0 Å². The predicted molar refractivity (Wildman–Crippen MR) is 55.9 cm³/mol. The molecule has 2 rings (SSSR count). The number of rotatable bonds is 3. The zero-order chi connectivity index (χ0) is 13.6. The highest BCUT2D eigenvalue weighted by atomic mass is 19.4. The lowest BCUT2D eigenvalue weighted by molar-refractivity contribution is -0.167. The van der Waals surface area contributed by atoms with Crippen molar-refractivity contribution in [1.29, 1.82) is 0 Å². The van der Waals surface area contributed by atoms with Crippen LogP contribution in [-0.2, 0) is 0 Å². The summed E-state index contributed by atoms with van der Waals surface area (Å²) in [5.41, 5.74) is -1.57. The average molecular weight is 265 g/mol. The molecule has 0 aromatic heterocycles. The Morgan fingerprint density at radius 3 is 2.22 bits per heavy atom. The molecule has 1 N–H and O–H groups in total. The van der Waals surface area contributed by atoms with Gasteiger partial charge in [0.2, 0.25) is 0 Å². The molecule has 100 valence electrons. The van der Waals surface area contributed by atoms with Gasteiger partial charge in [-0.25, -0.2) is 8.78 Å². The van der Waals surface area contributed by atoms with Crippen LogP contribution >= 0.6 is 0 Å². The largest absolute Gasteiger partial charge is 0.406 e. The zero-order valence-electron chi connectivity index (χ0n) is 9.61. The predicted octanol–water partition coefficient (Wildman–Crippen LogP) is 3.71. The first-order valence-corrected chi connectivity index (χ1v) is 5.54. The number of benzene rings is 1. The van der Waals surface area contributed by atoms with Gasteiger partial charge in [-0.1, -0.05) is 6.07 Å². The Balaban J connectivity index is 2.13. The van der Waals surface area contributed by atoms with Crippen LogP contribution in [0.1, 0.15) is 31.4 Å². The molecule has 1 unspecified atom stereocenters. The van der Waals surface area contributed by atoms with Gasteiger partial charge in [-0.05, 0) is 37.5 Å². The molecular formula is C12H12F5N. The van der Waals surface area contributed by atoms with Crippen molar-refractivity contribution in [2.45, 2.75) is 37.5 Å². The van der Waals surface area contributed by atoms with Crippen LogP contribution in [0, 0.1) is 11.6 Å². The Kier molecular flexibility index (Phi) is 3.09. The highest BCUT2D eigenvalue weighted by Crippen LogP contribution is 2.50. The SMILES string of the molecule is CC(NC1(C(F)(F)F)CC1)c1ccc(F)c(F)c1. The van der Waals surface area contributed by atoms with Gasteiger partial charge < -0.3 is 0 Å². The smallest absolute Gasteiger partial charge is 0.297 e. The molecule has 6 heteroatoms. The van der Waals surface area contributed by atoms with Crippen LogP contribution in [0.4, 0.5) is 22.0 Å². The van der Waals surface area contributed by atoms with Crippen LogP contribution in [0.15, 0.2) is 18.2 Å². The van der Waals surface area contributed by atoms with Gasteiger partial charge in [-0.3, -0.25) is 5.32 Å². The molecule has 1 saturated carbocycles. The highest BCUT2D eigenvalue weighted by Gasteiger charge is 2.63. The van der Waals surface area contributed by atoms with E-state index >= 15 is 0 Å². The van der Waals surface area contributed by atoms with Crippen LogP contribution in [-0.4, -0.2) is 11.7 Å². The summed E-state index contributed by atoms with van der Waals surface area (Å²) >= 11 is 0. The molecular weight excluding hydrogens is 253 g/mol. The average Bonchev–Trinajstić information content (AvgIpc) is 3.02. The van der Waals surface area contributed by atoms with E-state index in [0.29, 0.717) is 5.56 Å². The first-order chi connectivity index (χ1) is 8.25. The molecule has 0 heterocycles. The van der Waals surface area contributed by atoms with Gasteiger partial charge in [0, 0.05) is 6.04 Å². The fourth-order valence-corrected chi connectivity index (χ4v) is 1.91. The minimum absolute atomic E-state index is 0.0184. The lowest BCUT2D eigenvalue weighted by Crippen LogP contribution is -2.45. The zero-order valence-corrected chi connectivity index (χ0v) is 9.61. The van der Waals surface area contributed by atoms with E-state index in [1.54, 1.807) is 0 Å². The van der Waals surface area contributed by atoms with Crippen molar-refractivity contribution in [3.8, 4) is 0 Å². The van der Waals surface area contributed by atoms with E-state index in [1.807, 2.05) is 0 Å². The number of nitrogens with one attached hydrogen (secondary N) is 1. The Labute approximate surface area is 101 Å². The summed E-state index contributed by atoms with van der Waals surface area (Å²) < 4.78 is 63.9. The van der Waals surface area contributed by atoms with Gasteiger partial charge in [-0.2, -0.15) is 13.2 Å². The van der Waals surface area contributed by atoms with Gasteiger partial charge in [0.05, 0.1) is 0 Å². The Morgan fingerprint density at radius 1 is 1.17 bits per heavy atom. The molecule has 0 saturated heterocycles. The topological polar surface area (TPSA) is 12.0 Å². The van der Waals surface area contributed by atoms with Gasteiger partial charge >= 0.3 is 6.18 Å².